The fourth-order valence-corrected chi connectivity index (χ4v) is 2.70. The predicted octanol–water partition coefficient (Wildman–Crippen LogP) is 1.81. The Morgan fingerprint density at radius 2 is 1.95 bits per heavy atom. The number of rotatable bonds is 6. The van der Waals surface area contributed by atoms with E-state index in [1.165, 1.54) is 7.11 Å². The molecule has 0 N–H and O–H groups in total. The van der Waals surface area contributed by atoms with Crippen molar-refractivity contribution >= 4 is 5.97 Å². The standard InChI is InChI=1S/C16H23NO4/c1-17-9-8-12(10-17)15(16(18)20-3)11-21-14-6-4-13(19-2)5-7-14/h4-7,12,15H,8-11H2,1-3H3. The summed E-state index contributed by atoms with van der Waals surface area (Å²) >= 11 is 0. The van der Waals surface area contributed by atoms with Crippen molar-refractivity contribution < 1.29 is 19.0 Å². The van der Waals surface area contributed by atoms with Gasteiger partial charge in [-0.15, -0.1) is 0 Å². The number of benzene rings is 1. The summed E-state index contributed by atoms with van der Waals surface area (Å²) in [4.78, 5) is 14.2. The van der Waals surface area contributed by atoms with E-state index in [4.69, 9.17) is 14.2 Å². The molecule has 0 aliphatic carbocycles. The van der Waals surface area contributed by atoms with Gasteiger partial charge >= 0.3 is 5.97 Å². The number of hydrogen-bond acceptors (Lipinski definition) is 5. The van der Waals surface area contributed by atoms with Crippen LogP contribution in [0.1, 0.15) is 6.42 Å². The van der Waals surface area contributed by atoms with Gasteiger partial charge in [-0.2, -0.15) is 0 Å². The van der Waals surface area contributed by atoms with Gasteiger partial charge < -0.3 is 19.1 Å². The van der Waals surface area contributed by atoms with Crippen LogP contribution in [0.4, 0.5) is 0 Å². The number of nitrogens with zero attached hydrogens (tertiary/aromatic N) is 1. The van der Waals surface area contributed by atoms with E-state index in [1.54, 1.807) is 7.11 Å². The molecule has 1 heterocycles. The third kappa shape index (κ3) is 4.11. The molecule has 1 aliphatic rings. The number of likely N-dealkylation sites (tertiary alicyclic amines) is 1. The van der Waals surface area contributed by atoms with Crippen molar-refractivity contribution in [3.8, 4) is 11.5 Å². The summed E-state index contributed by atoms with van der Waals surface area (Å²) in [5.41, 5.74) is 0. The summed E-state index contributed by atoms with van der Waals surface area (Å²) in [6.07, 6.45) is 1.00. The van der Waals surface area contributed by atoms with Crippen molar-refractivity contribution in [2.75, 3.05) is 41.0 Å². The van der Waals surface area contributed by atoms with Gasteiger partial charge in [0, 0.05) is 6.54 Å². The highest BCUT2D eigenvalue weighted by Crippen LogP contribution is 2.26. The van der Waals surface area contributed by atoms with Gasteiger partial charge in [0.15, 0.2) is 0 Å². The molecule has 0 radical (unpaired) electrons. The number of methoxy groups -OCH3 is 2. The smallest absolute Gasteiger partial charge is 0.312 e. The monoisotopic (exact) mass is 293 g/mol. The van der Waals surface area contributed by atoms with E-state index in [0.29, 0.717) is 12.5 Å². The van der Waals surface area contributed by atoms with Gasteiger partial charge in [-0.1, -0.05) is 0 Å². The molecule has 116 valence electrons. The quantitative estimate of drug-likeness (QED) is 0.749. The zero-order valence-corrected chi connectivity index (χ0v) is 12.9. The van der Waals surface area contributed by atoms with Crippen molar-refractivity contribution in [3.05, 3.63) is 24.3 Å². The molecule has 0 spiro atoms. The number of hydrogen-bond donors (Lipinski definition) is 0. The maximum Gasteiger partial charge on any atom is 0.312 e. The van der Waals surface area contributed by atoms with E-state index in [0.717, 1.165) is 31.0 Å². The first-order valence-electron chi connectivity index (χ1n) is 7.17. The maximum absolute atomic E-state index is 12.0. The topological polar surface area (TPSA) is 48.0 Å². The molecular formula is C16H23NO4. The molecule has 2 unspecified atom stereocenters. The molecule has 5 nitrogen and oxygen atoms in total. The Kier molecular flexibility index (Phi) is 5.44. The maximum atomic E-state index is 12.0. The van der Waals surface area contributed by atoms with Gasteiger partial charge in [0.2, 0.25) is 0 Å². The van der Waals surface area contributed by atoms with Crippen LogP contribution in [-0.4, -0.2) is 51.8 Å². The zero-order valence-electron chi connectivity index (χ0n) is 12.9. The first kappa shape index (κ1) is 15.6. The number of carbonyl (C=O) groups is 1. The number of carbonyl (C=O) groups excluding carboxylic acids is 1. The van der Waals surface area contributed by atoms with Crippen molar-refractivity contribution in [2.45, 2.75) is 6.42 Å². The average molecular weight is 293 g/mol. The van der Waals surface area contributed by atoms with Gasteiger partial charge in [0.25, 0.3) is 0 Å². The molecule has 2 rings (SSSR count). The van der Waals surface area contributed by atoms with Crippen molar-refractivity contribution in [2.24, 2.45) is 11.8 Å². The first-order chi connectivity index (χ1) is 10.1. The van der Waals surface area contributed by atoms with Crippen LogP contribution in [-0.2, 0) is 9.53 Å². The van der Waals surface area contributed by atoms with E-state index in [2.05, 4.69) is 11.9 Å². The van der Waals surface area contributed by atoms with Crippen molar-refractivity contribution in [1.29, 1.82) is 0 Å². The minimum Gasteiger partial charge on any atom is -0.497 e. The fraction of sp³-hybridized carbons (Fsp3) is 0.562. The highest BCUT2D eigenvalue weighted by atomic mass is 16.5. The number of ether oxygens (including phenoxy) is 3. The third-order valence-corrected chi connectivity index (χ3v) is 3.99. The van der Waals surface area contributed by atoms with Crippen LogP contribution in [0.15, 0.2) is 24.3 Å². The average Bonchev–Trinajstić information content (AvgIpc) is 2.94. The van der Waals surface area contributed by atoms with Gasteiger partial charge in [-0.25, -0.2) is 0 Å². The molecule has 0 bridgehead atoms. The highest BCUT2D eigenvalue weighted by Gasteiger charge is 2.34. The van der Waals surface area contributed by atoms with Crippen LogP contribution in [0.3, 0.4) is 0 Å². The minimum atomic E-state index is -0.220. The zero-order chi connectivity index (χ0) is 15.2. The van der Waals surface area contributed by atoms with Gasteiger partial charge in [-0.3, -0.25) is 4.79 Å². The normalized spacial score (nSPS) is 20.0. The predicted molar refractivity (Wildman–Crippen MR) is 79.6 cm³/mol. The summed E-state index contributed by atoms with van der Waals surface area (Å²) in [5.74, 6) is 1.40. The van der Waals surface area contributed by atoms with Crippen LogP contribution in [0.2, 0.25) is 0 Å². The van der Waals surface area contributed by atoms with E-state index in [1.807, 2.05) is 24.3 Å². The van der Waals surface area contributed by atoms with E-state index < -0.39 is 0 Å². The second kappa shape index (κ2) is 7.31. The van der Waals surface area contributed by atoms with E-state index >= 15 is 0 Å². The highest BCUT2D eigenvalue weighted by molar-refractivity contribution is 5.73. The van der Waals surface area contributed by atoms with E-state index in [-0.39, 0.29) is 11.9 Å². The van der Waals surface area contributed by atoms with Crippen LogP contribution in [0.5, 0.6) is 11.5 Å². The summed E-state index contributed by atoms with van der Waals surface area (Å²) in [6, 6.07) is 7.36. The largest absolute Gasteiger partial charge is 0.497 e. The summed E-state index contributed by atoms with van der Waals surface area (Å²) in [7, 11) is 5.12. The molecule has 1 fully saturated rings. The summed E-state index contributed by atoms with van der Waals surface area (Å²) in [5, 5.41) is 0. The molecule has 1 aliphatic heterocycles. The summed E-state index contributed by atoms with van der Waals surface area (Å²) in [6.45, 7) is 2.27. The van der Waals surface area contributed by atoms with E-state index in [9.17, 15) is 4.79 Å². The Labute approximate surface area is 125 Å². The lowest BCUT2D eigenvalue weighted by molar-refractivity contribution is -0.148. The van der Waals surface area contributed by atoms with Crippen LogP contribution in [0.25, 0.3) is 0 Å². The molecule has 21 heavy (non-hydrogen) atoms. The Morgan fingerprint density at radius 3 is 2.48 bits per heavy atom. The van der Waals surface area contributed by atoms with Crippen molar-refractivity contribution in [1.82, 2.24) is 4.90 Å². The Hall–Kier alpha value is -1.75. The fourth-order valence-electron chi connectivity index (χ4n) is 2.70. The minimum absolute atomic E-state index is 0.191. The molecule has 0 amide bonds. The molecule has 2 atom stereocenters. The lowest BCUT2D eigenvalue weighted by atomic mass is 9.92. The molecule has 5 heteroatoms. The first-order valence-corrected chi connectivity index (χ1v) is 7.17. The molecular weight excluding hydrogens is 270 g/mol. The Balaban J connectivity index is 1.96. The SMILES string of the molecule is COC(=O)C(COc1ccc(OC)cc1)C1CCN(C)C1. The van der Waals surface area contributed by atoms with Crippen LogP contribution in [0, 0.1) is 11.8 Å². The molecule has 0 saturated carbocycles. The lowest BCUT2D eigenvalue weighted by Gasteiger charge is -2.21. The second-order valence-electron chi connectivity index (χ2n) is 5.43. The van der Waals surface area contributed by atoms with Crippen LogP contribution >= 0.6 is 0 Å². The summed E-state index contributed by atoms with van der Waals surface area (Å²) < 4.78 is 15.8. The van der Waals surface area contributed by atoms with Crippen molar-refractivity contribution in [3.63, 3.8) is 0 Å². The third-order valence-electron chi connectivity index (χ3n) is 3.99. The van der Waals surface area contributed by atoms with Gasteiger partial charge in [0.1, 0.15) is 18.1 Å². The number of esters is 1. The molecule has 1 aromatic carbocycles. The Bertz CT molecular complexity index is 460. The molecule has 1 saturated heterocycles. The molecule has 1 aromatic rings. The van der Waals surface area contributed by atoms with Gasteiger partial charge in [-0.05, 0) is 50.2 Å². The molecule has 0 aromatic heterocycles. The second-order valence-corrected chi connectivity index (χ2v) is 5.43. The van der Waals surface area contributed by atoms with Gasteiger partial charge in [0.05, 0.1) is 20.1 Å². The Morgan fingerprint density at radius 1 is 1.29 bits per heavy atom. The lowest BCUT2D eigenvalue weighted by Crippen LogP contribution is -2.32. The van der Waals surface area contributed by atoms with Crippen LogP contribution < -0.4 is 9.47 Å².